The Bertz CT molecular complexity index is 1120. The summed E-state index contributed by atoms with van der Waals surface area (Å²) in [7, 11) is 4.79. The van der Waals surface area contributed by atoms with Crippen LogP contribution in [0.15, 0.2) is 30.3 Å². The van der Waals surface area contributed by atoms with Crippen LogP contribution in [0.3, 0.4) is 0 Å². The van der Waals surface area contributed by atoms with Gasteiger partial charge in [-0.25, -0.2) is 0 Å². The molecule has 10 aliphatic heterocycles. The fourth-order valence-corrected chi connectivity index (χ4v) is 93.6. The van der Waals surface area contributed by atoms with Gasteiger partial charge in [-0.1, -0.05) is 0 Å². The Morgan fingerprint density at radius 1 is 0.857 bits per heavy atom. The molecule has 0 amide bonds. The standard InChI is InChI=1S/C14H16N.C5H5.Fe/c1-15(2)14(13-10-6-7-11-13)12-8-4-3-5-9-12;1-2-4-5-3-1;/h3-11,14H,1-2H3;1-5H;/t14-;;/m1../s1. The molecule has 10 fully saturated rings. The van der Waals surface area contributed by atoms with Crippen LogP contribution in [0.5, 0.6) is 0 Å². The van der Waals surface area contributed by atoms with Crippen LogP contribution in [-0.4, -0.2) is 19.0 Å². The minimum atomic E-state index is -2.97. The van der Waals surface area contributed by atoms with Gasteiger partial charge in [0.1, 0.15) is 0 Å². The van der Waals surface area contributed by atoms with E-state index >= 15 is 0 Å². The van der Waals surface area contributed by atoms with Crippen molar-refractivity contribution in [2.45, 2.75) is 53.7 Å². The molecule has 0 radical (unpaired) electrons. The first-order valence-corrected chi connectivity index (χ1v) is 15.2. The average molecular weight is 319 g/mol. The van der Waals surface area contributed by atoms with E-state index in [-0.39, 0.29) is 0 Å². The summed E-state index contributed by atoms with van der Waals surface area (Å²) in [6.45, 7) is -2.97. The summed E-state index contributed by atoms with van der Waals surface area (Å²) in [5.41, 5.74) is 1.68. The molecule has 5 atom stereocenters. The van der Waals surface area contributed by atoms with Gasteiger partial charge >= 0.3 is 115 Å². The predicted octanol–water partition coefficient (Wildman–Crippen LogP) is 5.05. The molecule has 1 aromatic rings. The summed E-state index contributed by atoms with van der Waals surface area (Å²) in [5.74, 6) is 0. The van der Waals surface area contributed by atoms with Gasteiger partial charge in [0.2, 0.25) is 0 Å². The Morgan fingerprint density at radius 3 is 1.71 bits per heavy atom. The van der Waals surface area contributed by atoms with Gasteiger partial charge in [0.15, 0.2) is 0 Å². The Balaban J connectivity index is 1.39. The number of rotatable bonds is 3. The van der Waals surface area contributed by atoms with E-state index in [9.17, 15) is 0 Å². The minimum absolute atomic E-state index is 0.813. The van der Waals surface area contributed by atoms with Crippen LogP contribution >= 0.6 is 0 Å². The first kappa shape index (κ1) is 8.52. The number of nitrogens with zero attached hydrogens (tertiary/aromatic N) is 1. The Labute approximate surface area is 115 Å². The molecule has 11 rings (SSSR count). The van der Waals surface area contributed by atoms with E-state index in [4.69, 9.17) is 0 Å². The molecular formula is C19H21FeN. The monoisotopic (exact) mass is 319 g/mol. The normalized spacial score (nSPS) is 100. The van der Waals surface area contributed by atoms with E-state index in [1.54, 1.807) is 5.56 Å². The second-order valence-corrected chi connectivity index (χ2v) is 36.1. The van der Waals surface area contributed by atoms with Crippen LogP contribution in [0.1, 0.15) is 11.6 Å². The second kappa shape index (κ2) is 0.819. The molecule has 0 N–H and O–H groups in total. The quantitative estimate of drug-likeness (QED) is 0.705. The molecule has 0 aromatic heterocycles. The molecule has 4 unspecified atom stereocenters. The van der Waals surface area contributed by atoms with Gasteiger partial charge in [-0.3, -0.25) is 0 Å². The van der Waals surface area contributed by atoms with Crippen molar-refractivity contribution in [3.63, 3.8) is 0 Å². The van der Waals surface area contributed by atoms with Gasteiger partial charge in [-0.05, 0) is 0 Å². The van der Waals surface area contributed by atoms with Gasteiger partial charge in [0, 0.05) is 0 Å². The number of hydrogen-bond acceptors (Lipinski definition) is 1. The zero-order valence-electron chi connectivity index (χ0n) is 12.5. The third kappa shape index (κ3) is 0.112. The van der Waals surface area contributed by atoms with Crippen LogP contribution in [-0.2, 0) is 6.51 Å². The summed E-state index contributed by atoms with van der Waals surface area (Å²) >= 11 is 0. The maximum atomic E-state index is 2.66. The van der Waals surface area contributed by atoms with Crippen molar-refractivity contribution in [1.82, 2.24) is 4.90 Å². The van der Waals surface area contributed by atoms with E-state index in [1.165, 1.54) is 43.3 Å². The fourth-order valence-electron chi connectivity index (χ4n) is 18.7. The molecule has 0 aliphatic carbocycles. The zero-order valence-corrected chi connectivity index (χ0v) is 13.6. The molecule has 10 heterocycles. The molecule has 0 saturated carbocycles. The third-order valence-corrected chi connectivity index (χ3v) is 59.5. The van der Waals surface area contributed by atoms with Gasteiger partial charge < -0.3 is 0 Å². The molecule has 2 heteroatoms. The molecule has 21 heavy (non-hydrogen) atoms. The van der Waals surface area contributed by atoms with Crippen molar-refractivity contribution in [3.8, 4) is 0 Å². The van der Waals surface area contributed by atoms with Crippen molar-refractivity contribution < 1.29 is 6.51 Å². The molecule has 10 aliphatic rings. The van der Waals surface area contributed by atoms with Gasteiger partial charge in [0.25, 0.3) is 0 Å². The number of benzene rings is 1. The molecule has 1 spiro atoms. The van der Waals surface area contributed by atoms with Gasteiger partial charge in [-0.2, -0.15) is 0 Å². The number of hydrogen-bond donors (Lipinski definition) is 0. The summed E-state index contributed by atoms with van der Waals surface area (Å²) < 4.78 is 0.962. The maximum absolute atomic E-state index is 2.97. The molecule has 1 nitrogen and oxygen atoms in total. The van der Waals surface area contributed by atoms with Crippen molar-refractivity contribution in [2.75, 3.05) is 14.1 Å². The van der Waals surface area contributed by atoms with Gasteiger partial charge in [0.05, 0.1) is 0 Å². The van der Waals surface area contributed by atoms with E-state index in [2.05, 4.69) is 49.3 Å². The summed E-state index contributed by atoms with van der Waals surface area (Å²) in [6.07, 6.45) is 0. The van der Waals surface area contributed by atoms with E-state index in [0.717, 1.165) is 10.4 Å². The molecular weight excluding hydrogens is 298 g/mol. The van der Waals surface area contributed by atoms with Gasteiger partial charge in [-0.15, -0.1) is 0 Å². The van der Waals surface area contributed by atoms with E-state index in [1.807, 2.05) is 0 Å². The second-order valence-electron chi connectivity index (χ2n) is 12.5. The Morgan fingerprint density at radius 2 is 1.38 bits per heavy atom. The fraction of sp³-hybridized carbons (Fsp3) is 0.684. The third-order valence-electron chi connectivity index (χ3n) is 16.8. The molecule has 1 aromatic carbocycles. The SMILES string of the molecule is CN(C)[C@H](c1ccccc1)[C]12[CH]3[CH]4[CH]5[CH]1[Fe]45321678[CH]2[CH]1[CH]6[CH]7[CH]28. The van der Waals surface area contributed by atoms with E-state index in [0.29, 0.717) is 0 Å². The topological polar surface area (TPSA) is 3.24 Å². The van der Waals surface area contributed by atoms with Crippen molar-refractivity contribution in [3.05, 3.63) is 35.9 Å². The molecule has 0 bridgehead atoms. The predicted molar refractivity (Wildman–Crippen MR) is 79.3 cm³/mol. The summed E-state index contributed by atoms with van der Waals surface area (Å²) in [4.78, 5) is 15.6. The Hall–Kier alpha value is -0.301. The van der Waals surface area contributed by atoms with Crippen molar-refractivity contribution in [2.24, 2.45) is 0 Å². The van der Waals surface area contributed by atoms with Crippen LogP contribution < -0.4 is 0 Å². The van der Waals surface area contributed by atoms with Crippen LogP contribution in [0.25, 0.3) is 0 Å². The van der Waals surface area contributed by atoms with Crippen molar-refractivity contribution in [1.29, 1.82) is 0 Å². The van der Waals surface area contributed by atoms with Crippen LogP contribution in [0.4, 0.5) is 0 Å². The average Bonchev–Trinajstić information content (AvgIpc) is 3.42. The van der Waals surface area contributed by atoms with E-state index < -0.39 is 6.51 Å². The molecule has 10 saturated heterocycles. The zero-order chi connectivity index (χ0) is 13.3. The summed E-state index contributed by atoms with van der Waals surface area (Å²) in [6, 6.07) is 12.5. The van der Waals surface area contributed by atoms with Crippen LogP contribution in [0, 0.1) is 0 Å². The first-order valence-electron chi connectivity index (χ1n) is 8.90. The molecule has 110 valence electrons. The summed E-state index contributed by atoms with van der Waals surface area (Å²) in [5, 5.41) is 0. The van der Waals surface area contributed by atoms with Crippen molar-refractivity contribution >= 4 is 0 Å². The number of fused-ring (bicyclic) bond motifs is 10. The first-order chi connectivity index (χ1) is 9.97. The Kier molecular flexibility index (Phi) is 0.332. The van der Waals surface area contributed by atoms with Crippen LogP contribution in [0.2, 0.25) is 47.7 Å².